The predicted octanol–water partition coefficient (Wildman–Crippen LogP) is 3.15. The summed E-state index contributed by atoms with van der Waals surface area (Å²) < 4.78 is 53.1. The van der Waals surface area contributed by atoms with E-state index in [4.69, 9.17) is 0 Å². The largest absolute Gasteiger partial charge is 0.319 e. The maximum Gasteiger partial charge on any atom is 0.255 e. The molecule has 0 aromatic heterocycles. The zero-order valence-corrected chi connectivity index (χ0v) is 14.5. The van der Waals surface area contributed by atoms with Gasteiger partial charge in [0, 0.05) is 18.2 Å². The first-order valence-corrected chi connectivity index (χ1v) is 9.03. The van der Waals surface area contributed by atoms with Crippen LogP contribution in [0.2, 0.25) is 0 Å². The van der Waals surface area contributed by atoms with Crippen LogP contribution >= 0.6 is 0 Å². The van der Waals surface area contributed by atoms with Crippen LogP contribution in [-0.2, 0) is 10.0 Å². The molecule has 0 unspecified atom stereocenters. The summed E-state index contributed by atoms with van der Waals surface area (Å²) in [6, 6.07) is 8.01. The topological polar surface area (TPSA) is 75.3 Å². The molecule has 0 bridgehead atoms. The second-order valence-electron chi connectivity index (χ2n) is 5.85. The van der Waals surface area contributed by atoms with Crippen LogP contribution in [0, 0.1) is 17.6 Å². The van der Waals surface area contributed by atoms with E-state index in [9.17, 15) is 22.0 Å². The van der Waals surface area contributed by atoms with Crippen molar-refractivity contribution in [1.82, 2.24) is 4.72 Å². The first-order chi connectivity index (χ1) is 11.7. The molecule has 0 aliphatic rings. The molecule has 0 spiro atoms. The Kier molecular flexibility index (Phi) is 5.86. The van der Waals surface area contributed by atoms with E-state index >= 15 is 0 Å². The van der Waals surface area contributed by atoms with Crippen molar-refractivity contribution in [3.05, 3.63) is 59.7 Å². The number of benzene rings is 2. The van der Waals surface area contributed by atoms with Gasteiger partial charge in [0.25, 0.3) is 5.91 Å². The van der Waals surface area contributed by atoms with Gasteiger partial charge in [-0.05, 0) is 42.3 Å². The van der Waals surface area contributed by atoms with Crippen LogP contribution in [0.1, 0.15) is 24.2 Å². The van der Waals surface area contributed by atoms with Crippen molar-refractivity contribution >= 4 is 21.6 Å². The van der Waals surface area contributed by atoms with E-state index in [2.05, 4.69) is 10.0 Å². The Morgan fingerprint density at radius 1 is 1.08 bits per heavy atom. The number of halogens is 2. The van der Waals surface area contributed by atoms with E-state index in [1.807, 2.05) is 13.8 Å². The lowest BCUT2D eigenvalue weighted by Gasteiger charge is -2.10. The van der Waals surface area contributed by atoms with Gasteiger partial charge >= 0.3 is 0 Å². The second-order valence-corrected chi connectivity index (χ2v) is 7.62. The fourth-order valence-corrected chi connectivity index (χ4v) is 3.14. The quantitative estimate of drug-likeness (QED) is 0.822. The Hall–Kier alpha value is -2.32. The summed E-state index contributed by atoms with van der Waals surface area (Å²) in [6.07, 6.45) is 0. The van der Waals surface area contributed by atoms with Gasteiger partial charge in [0.05, 0.1) is 10.6 Å². The third kappa shape index (κ3) is 5.07. The average Bonchev–Trinajstić information content (AvgIpc) is 2.56. The first kappa shape index (κ1) is 19.0. The molecule has 25 heavy (non-hydrogen) atoms. The third-order valence-electron chi connectivity index (χ3n) is 3.29. The summed E-state index contributed by atoms with van der Waals surface area (Å²) in [5.41, 5.74) is -0.0202. The monoisotopic (exact) mass is 368 g/mol. The van der Waals surface area contributed by atoms with E-state index in [0.717, 1.165) is 12.1 Å². The van der Waals surface area contributed by atoms with Crippen LogP contribution in [-0.4, -0.2) is 20.9 Å². The van der Waals surface area contributed by atoms with E-state index in [1.165, 1.54) is 24.3 Å². The summed E-state index contributed by atoms with van der Waals surface area (Å²) in [5.74, 6) is -2.13. The number of amides is 1. The van der Waals surface area contributed by atoms with Crippen LogP contribution in [0.15, 0.2) is 47.4 Å². The smallest absolute Gasteiger partial charge is 0.255 e. The molecule has 0 fully saturated rings. The SMILES string of the molecule is CC(C)CNS(=O)(=O)c1ccc(C(=O)Nc2ccc(F)cc2F)cc1. The molecule has 0 atom stereocenters. The molecule has 0 saturated heterocycles. The standard InChI is InChI=1S/C17H18F2N2O3S/c1-11(2)10-20-25(23,24)14-6-3-12(4-7-14)17(22)21-16-8-5-13(18)9-15(16)19/h3-9,11,20H,10H2,1-2H3,(H,21,22). The van der Waals surface area contributed by atoms with Gasteiger partial charge in [-0.15, -0.1) is 0 Å². The van der Waals surface area contributed by atoms with Crippen LogP contribution in [0.25, 0.3) is 0 Å². The Morgan fingerprint density at radius 3 is 2.28 bits per heavy atom. The normalized spacial score (nSPS) is 11.6. The Bertz CT molecular complexity index is 866. The maximum absolute atomic E-state index is 13.6. The van der Waals surface area contributed by atoms with Crippen molar-refractivity contribution in [2.24, 2.45) is 5.92 Å². The predicted molar refractivity (Wildman–Crippen MR) is 90.8 cm³/mol. The van der Waals surface area contributed by atoms with Gasteiger partial charge in [-0.3, -0.25) is 4.79 Å². The van der Waals surface area contributed by atoms with Crippen molar-refractivity contribution in [1.29, 1.82) is 0 Å². The molecule has 2 N–H and O–H groups in total. The first-order valence-electron chi connectivity index (χ1n) is 7.55. The molecular formula is C17H18F2N2O3S. The van der Waals surface area contributed by atoms with E-state index in [1.54, 1.807) is 0 Å². The van der Waals surface area contributed by atoms with Crippen LogP contribution < -0.4 is 10.0 Å². The van der Waals surface area contributed by atoms with Crippen LogP contribution in [0.3, 0.4) is 0 Å². The van der Waals surface area contributed by atoms with Gasteiger partial charge < -0.3 is 5.32 Å². The summed E-state index contributed by atoms with van der Waals surface area (Å²) in [4.78, 5) is 12.1. The number of nitrogens with one attached hydrogen (secondary N) is 2. The third-order valence-corrected chi connectivity index (χ3v) is 4.73. The number of rotatable bonds is 6. The fourth-order valence-electron chi connectivity index (χ4n) is 1.93. The Labute approximate surface area is 145 Å². The molecule has 2 aromatic carbocycles. The summed E-state index contributed by atoms with van der Waals surface area (Å²) in [7, 11) is -3.65. The van der Waals surface area contributed by atoms with Gasteiger partial charge in [-0.1, -0.05) is 13.8 Å². The number of hydrogen-bond acceptors (Lipinski definition) is 3. The van der Waals surface area contributed by atoms with E-state index in [0.29, 0.717) is 12.6 Å². The highest BCUT2D eigenvalue weighted by atomic mass is 32.2. The van der Waals surface area contributed by atoms with Crippen LogP contribution in [0.5, 0.6) is 0 Å². The molecule has 5 nitrogen and oxygen atoms in total. The van der Waals surface area contributed by atoms with Crippen LogP contribution in [0.4, 0.5) is 14.5 Å². The lowest BCUT2D eigenvalue weighted by molar-refractivity contribution is 0.102. The Balaban J connectivity index is 2.12. The number of carbonyl (C=O) groups excluding carboxylic acids is 1. The molecule has 134 valence electrons. The van der Waals surface area contributed by atoms with Crippen molar-refractivity contribution < 1.29 is 22.0 Å². The van der Waals surface area contributed by atoms with Crippen molar-refractivity contribution in [3.8, 4) is 0 Å². The number of hydrogen-bond donors (Lipinski definition) is 2. The molecule has 0 aliphatic carbocycles. The molecule has 0 aliphatic heterocycles. The molecule has 0 heterocycles. The minimum Gasteiger partial charge on any atom is -0.319 e. The van der Waals surface area contributed by atoms with Gasteiger partial charge in [-0.2, -0.15) is 0 Å². The van der Waals surface area contributed by atoms with Gasteiger partial charge in [0.1, 0.15) is 11.6 Å². The zero-order valence-electron chi connectivity index (χ0n) is 13.7. The molecule has 8 heteroatoms. The maximum atomic E-state index is 13.6. The minimum atomic E-state index is -3.65. The molecule has 2 aromatic rings. The second kappa shape index (κ2) is 7.71. The highest BCUT2D eigenvalue weighted by Gasteiger charge is 2.16. The van der Waals surface area contributed by atoms with Gasteiger partial charge in [-0.25, -0.2) is 21.9 Å². The number of carbonyl (C=O) groups is 1. The zero-order chi connectivity index (χ0) is 18.6. The molecular weight excluding hydrogens is 350 g/mol. The number of anilines is 1. The van der Waals surface area contributed by atoms with Crippen molar-refractivity contribution in [2.45, 2.75) is 18.7 Å². The van der Waals surface area contributed by atoms with Crippen molar-refractivity contribution in [3.63, 3.8) is 0 Å². The minimum absolute atomic E-state index is 0.0256. The molecule has 0 saturated carbocycles. The molecule has 2 rings (SSSR count). The van der Waals surface area contributed by atoms with Crippen molar-refractivity contribution in [2.75, 3.05) is 11.9 Å². The van der Waals surface area contributed by atoms with E-state index < -0.39 is 27.6 Å². The van der Waals surface area contributed by atoms with Gasteiger partial charge in [0.2, 0.25) is 10.0 Å². The lowest BCUT2D eigenvalue weighted by Crippen LogP contribution is -2.27. The van der Waals surface area contributed by atoms with Gasteiger partial charge in [0.15, 0.2) is 0 Å². The summed E-state index contributed by atoms with van der Waals surface area (Å²) >= 11 is 0. The summed E-state index contributed by atoms with van der Waals surface area (Å²) in [6.45, 7) is 4.06. The highest BCUT2D eigenvalue weighted by molar-refractivity contribution is 7.89. The molecule has 0 radical (unpaired) electrons. The fraction of sp³-hybridized carbons (Fsp3) is 0.235. The highest BCUT2D eigenvalue weighted by Crippen LogP contribution is 2.17. The average molecular weight is 368 g/mol. The molecule has 1 amide bonds. The summed E-state index contributed by atoms with van der Waals surface area (Å²) in [5, 5.41) is 2.31. The number of sulfonamides is 1. The Morgan fingerprint density at radius 2 is 1.72 bits per heavy atom. The lowest BCUT2D eigenvalue weighted by atomic mass is 10.2. The van der Waals surface area contributed by atoms with E-state index in [-0.39, 0.29) is 22.1 Å².